The van der Waals surface area contributed by atoms with Gasteiger partial charge in [0.15, 0.2) is 11.5 Å². The molecule has 1 aliphatic rings. The first-order valence-corrected chi connectivity index (χ1v) is 10.2. The maximum atomic E-state index is 13.1. The van der Waals surface area contributed by atoms with E-state index in [1.165, 1.54) is 0 Å². The molecule has 140 valence electrons. The van der Waals surface area contributed by atoms with Gasteiger partial charge in [0.25, 0.3) is 0 Å². The van der Waals surface area contributed by atoms with Crippen LogP contribution in [0.3, 0.4) is 0 Å². The summed E-state index contributed by atoms with van der Waals surface area (Å²) in [5, 5.41) is 0. The van der Waals surface area contributed by atoms with Crippen molar-refractivity contribution in [2.24, 2.45) is 0 Å². The third-order valence-electron chi connectivity index (χ3n) is 4.96. The van der Waals surface area contributed by atoms with E-state index in [0.29, 0.717) is 29.6 Å². The van der Waals surface area contributed by atoms with Gasteiger partial charge >= 0.3 is 0 Å². The number of benzene rings is 2. The number of hydrogen-bond acceptors (Lipinski definition) is 4. The molecule has 0 aromatic heterocycles. The number of fused-ring (bicyclic) bond motifs is 1. The molecule has 0 saturated carbocycles. The van der Waals surface area contributed by atoms with Gasteiger partial charge in [-0.25, -0.2) is 13.1 Å². The molecule has 0 saturated heterocycles. The molecule has 1 aliphatic heterocycles. The van der Waals surface area contributed by atoms with E-state index in [1.807, 2.05) is 58.9 Å². The average Bonchev–Trinajstić information content (AvgIpc) is 2.59. The van der Waals surface area contributed by atoms with Crippen molar-refractivity contribution in [3.63, 3.8) is 0 Å². The van der Waals surface area contributed by atoms with Crippen molar-refractivity contribution in [2.45, 2.75) is 45.6 Å². The highest BCUT2D eigenvalue weighted by molar-refractivity contribution is 7.89. The quantitative estimate of drug-likeness (QED) is 0.884. The van der Waals surface area contributed by atoms with Crippen molar-refractivity contribution in [3.8, 4) is 11.5 Å². The van der Waals surface area contributed by atoms with E-state index >= 15 is 0 Å². The Kier molecular flexibility index (Phi) is 4.99. The van der Waals surface area contributed by atoms with E-state index in [9.17, 15) is 8.42 Å². The van der Waals surface area contributed by atoms with Gasteiger partial charge < -0.3 is 9.47 Å². The van der Waals surface area contributed by atoms with Gasteiger partial charge in [0.05, 0.1) is 4.90 Å². The van der Waals surface area contributed by atoms with Gasteiger partial charge in [0, 0.05) is 6.04 Å². The minimum Gasteiger partial charge on any atom is -0.486 e. The molecule has 2 aromatic carbocycles. The van der Waals surface area contributed by atoms with Gasteiger partial charge in [0.2, 0.25) is 10.0 Å². The van der Waals surface area contributed by atoms with Gasteiger partial charge in [-0.1, -0.05) is 12.1 Å². The van der Waals surface area contributed by atoms with Crippen molar-refractivity contribution in [1.82, 2.24) is 4.72 Å². The summed E-state index contributed by atoms with van der Waals surface area (Å²) in [6.45, 7) is 10.4. The van der Waals surface area contributed by atoms with Crippen LogP contribution < -0.4 is 14.2 Å². The Bertz CT molecular complexity index is 925. The van der Waals surface area contributed by atoms with Crippen LogP contribution in [0.1, 0.15) is 40.8 Å². The molecule has 0 amide bonds. The van der Waals surface area contributed by atoms with Crippen LogP contribution in [0.4, 0.5) is 0 Å². The van der Waals surface area contributed by atoms with E-state index in [-0.39, 0.29) is 0 Å². The maximum Gasteiger partial charge on any atom is 0.241 e. The number of hydrogen-bond donors (Lipinski definition) is 1. The zero-order valence-corrected chi connectivity index (χ0v) is 16.7. The summed E-state index contributed by atoms with van der Waals surface area (Å²) in [6.07, 6.45) is 0. The normalized spacial score (nSPS) is 15.0. The van der Waals surface area contributed by atoms with E-state index in [0.717, 1.165) is 27.8 Å². The largest absolute Gasteiger partial charge is 0.486 e. The van der Waals surface area contributed by atoms with E-state index < -0.39 is 16.1 Å². The highest BCUT2D eigenvalue weighted by atomic mass is 32.2. The molecule has 0 spiro atoms. The van der Waals surface area contributed by atoms with Crippen molar-refractivity contribution >= 4 is 10.0 Å². The molecular weight excluding hydrogens is 350 g/mol. The second kappa shape index (κ2) is 6.93. The first-order valence-electron chi connectivity index (χ1n) is 8.70. The molecule has 1 N–H and O–H groups in total. The standard InChI is InChI=1S/C20H25NO4S/c1-12-10-13(2)15(4)20(14(12)3)26(22,23)21-16(5)17-6-7-18-19(11-17)25-9-8-24-18/h6-7,10-11,16,21H,8-9H2,1-5H3/t16-/m0/s1. The molecule has 1 atom stereocenters. The zero-order chi connectivity index (χ0) is 19.1. The Morgan fingerprint density at radius 2 is 1.50 bits per heavy atom. The second-order valence-electron chi connectivity index (χ2n) is 6.84. The molecule has 1 heterocycles. The third kappa shape index (κ3) is 3.44. The Hall–Kier alpha value is -2.05. The van der Waals surface area contributed by atoms with Crippen LogP contribution in [-0.4, -0.2) is 21.6 Å². The summed E-state index contributed by atoms with van der Waals surface area (Å²) in [5.41, 5.74) is 4.35. The lowest BCUT2D eigenvalue weighted by Crippen LogP contribution is -2.28. The molecule has 26 heavy (non-hydrogen) atoms. The third-order valence-corrected chi connectivity index (χ3v) is 6.78. The minimum atomic E-state index is -3.66. The van der Waals surface area contributed by atoms with E-state index in [2.05, 4.69) is 4.72 Å². The molecule has 0 fully saturated rings. The van der Waals surface area contributed by atoms with Gasteiger partial charge in [0.1, 0.15) is 13.2 Å². The number of rotatable bonds is 4. The lowest BCUT2D eigenvalue weighted by atomic mass is 10.0. The maximum absolute atomic E-state index is 13.1. The van der Waals surface area contributed by atoms with Crippen LogP contribution in [-0.2, 0) is 10.0 Å². The zero-order valence-electron chi connectivity index (χ0n) is 15.8. The number of ether oxygens (including phenoxy) is 2. The SMILES string of the molecule is Cc1cc(C)c(C)c(S(=O)(=O)N[C@@H](C)c2ccc3c(c2)OCCO3)c1C. The molecule has 5 nitrogen and oxygen atoms in total. The van der Waals surface area contributed by atoms with Crippen LogP contribution in [0.15, 0.2) is 29.2 Å². The smallest absolute Gasteiger partial charge is 0.241 e. The van der Waals surface area contributed by atoms with Gasteiger partial charge in [-0.3, -0.25) is 0 Å². The van der Waals surface area contributed by atoms with Crippen molar-refractivity contribution in [2.75, 3.05) is 13.2 Å². The summed E-state index contributed by atoms with van der Waals surface area (Å²) in [6, 6.07) is 7.15. The highest BCUT2D eigenvalue weighted by Crippen LogP contribution is 2.33. The Morgan fingerprint density at radius 1 is 0.923 bits per heavy atom. The minimum absolute atomic E-state index is 0.374. The van der Waals surface area contributed by atoms with Gasteiger partial charge in [-0.2, -0.15) is 0 Å². The lowest BCUT2D eigenvalue weighted by molar-refractivity contribution is 0.171. The number of aryl methyl sites for hydroxylation is 2. The number of nitrogens with one attached hydrogen (secondary N) is 1. The van der Waals surface area contributed by atoms with Crippen molar-refractivity contribution in [3.05, 3.63) is 52.1 Å². The Morgan fingerprint density at radius 3 is 2.12 bits per heavy atom. The summed E-state index contributed by atoms with van der Waals surface area (Å²) >= 11 is 0. The van der Waals surface area contributed by atoms with Crippen molar-refractivity contribution < 1.29 is 17.9 Å². The predicted molar refractivity (Wildman–Crippen MR) is 102 cm³/mol. The first kappa shape index (κ1) is 18.7. The van der Waals surface area contributed by atoms with Crippen LogP contribution in [0.2, 0.25) is 0 Å². The number of sulfonamides is 1. The topological polar surface area (TPSA) is 64.6 Å². The van der Waals surface area contributed by atoms with Crippen LogP contribution in [0.25, 0.3) is 0 Å². The fraction of sp³-hybridized carbons (Fsp3) is 0.400. The summed E-state index contributed by atoms with van der Waals surface area (Å²) < 4.78 is 40.1. The Labute approximate surface area is 155 Å². The summed E-state index contributed by atoms with van der Waals surface area (Å²) in [4.78, 5) is 0.374. The fourth-order valence-corrected chi connectivity index (χ4v) is 5.12. The molecule has 3 rings (SSSR count). The molecule has 0 radical (unpaired) electrons. The van der Waals surface area contributed by atoms with Gasteiger partial charge in [-0.15, -0.1) is 0 Å². The van der Waals surface area contributed by atoms with Crippen LogP contribution in [0, 0.1) is 27.7 Å². The highest BCUT2D eigenvalue weighted by Gasteiger charge is 2.25. The second-order valence-corrected chi connectivity index (χ2v) is 8.49. The van der Waals surface area contributed by atoms with Crippen molar-refractivity contribution in [1.29, 1.82) is 0 Å². The fourth-order valence-electron chi connectivity index (χ4n) is 3.27. The molecule has 0 aliphatic carbocycles. The molecule has 6 heteroatoms. The molecule has 0 bridgehead atoms. The van der Waals surface area contributed by atoms with E-state index in [1.54, 1.807) is 0 Å². The molecular formula is C20H25NO4S. The first-order chi connectivity index (χ1) is 12.2. The van der Waals surface area contributed by atoms with Crippen LogP contribution in [0.5, 0.6) is 11.5 Å². The summed E-state index contributed by atoms with van der Waals surface area (Å²) in [7, 11) is -3.66. The molecule has 2 aromatic rings. The lowest BCUT2D eigenvalue weighted by Gasteiger charge is -2.22. The molecule has 0 unspecified atom stereocenters. The van der Waals surface area contributed by atoms with Gasteiger partial charge in [-0.05, 0) is 74.6 Å². The predicted octanol–water partition coefficient (Wildman–Crippen LogP) is 3.73. The summed E-state index contributed by atoms with van der Waals surface area (Å²) in [5.74, 6) is 1.34. The van der Waals surface area contributed by atoms with Crippen LogP contribution >= 0.6 is 0 Å². The average molecular weight is 375 g/mol. The monoisotopic (exact) mass is 375 g/mol. The Balaban J connectivity index is 1.93. The van der Waals surface area contributed by atoms with E-state index in [4.69, 9.17) is 9.47 Å².